The van der Waals surface area contributed by atoms with E-state index in [1.807, 2.05) is 0 Å². The maximum Gasteiger partial charge on any atom is 0.310 e. The molecule has 0 aromatic carbocycles. The number of nitrogens with zero attached hydrogens (tertiary/aromatic N) is 1. The van der Waals surface area contributed by atoms with Gasteiger partial charge in [-0.15, -0.1) is 0 Å². The van der Waals surface area contributed by atoms with Crippen LogP contribution in [0.3, 0.4) is 0 Å². The third-order valence-electron chi connectivity index (χ3n) is 2.84. The van der Waals surface area contributed by atoms with Crippen LogP contribution < -0.4 is 5.32 Å². The largest absolute Gasteiger partial charge is 0.481 e. The third-order valence-corrected chi connectivity index (χ3v) is 4.53. The zero-order chi connectivity index (χ0) is 16.4. The molecule has 0 bridgehead atoms. The van der Waals surface area contributed by atoms with Crippen molar-refractivity contribution in [2.24, 2.45) is 5.41 Å². The Morgan fingerprint density at radius 2 is 1.95 bits per heavy atom. The number of carbonyl (C=O) groups is 2. The van der Waals surface area contributed by atoms with E-state index in [1.54, 1.807) is 0 Å². The van der Waals surface area contributed by atoms with Crippen molar-refractivity contribution in [1.29, 1.82) is 0 Å². The summed E-state index contributed by atoms with van der Waals surface area (Å²) in [5, 5.41) is 11.0. The Bertz CT molecular complexity index is 644. The van der Waals surface area contributed by atoms with Crippen molar-refractivity contribution >= 4 is 21.9 Å². The van der Waals surface area contributed by atoms with Gasteiger partial charge in [0.15, 0.2) is 0 Å². The van der Waals surface area contributed by atoms with Gasteiger partial charge in [-0.2, -0.15) is 0 Å². The average Bonchev–Trinajstić information content (AvgIpc) is 2.85. The summed E-state index contributed by atoms with van der Waals surface area (Å²) >= 11 is 0. The van der Waals surface area contributed by atoms with E-state index >= 15 is 0 Å². The zero-order valence-corrected chi connectivity index (χ0v) is 13.0. The molecule has 0 radical (unpaired) electrons. The molecule has 0 aliphatic heterocycles. The first kappa shape index (κ1) is 17.2. The molecule has 1 aromatic rings. The van der Waals surface area contributed by atoms with E-state index in [0.717, 1.165) is 16.6 Å². The van der Waals surface area contributed by atoms with E-state index < -0.39 is 27.3 Å². The van der Waals surface area contributed by atoms with Crippen LogP contribution in [0.2, 0.25) is 0 Å². The molecule has 2 N–H and O–H groups in total. The summed E-state index contributed by atoms with van der Waals surface area (Å²) in [5.41, 5.74) is -1.12. The van der Waals surface area contributed by atoms with Gasteiger partial charge in [-0.3, -0.25) is 9.59 Å². The van der Waals surface area contributed by atoms with Crippen molar-refractivity contribution in [3.8, 4) is 0 Å². The molecule has 0 atom stereocenters. The summed E-state index contributed by atoms with van der Waals surface area (Å²) in [5.74, 6) is -1.65. The topological polar surface area (TPSA) is 117 Å². The van der Waals surface area contributed by atoms with Crippen LogP contribution in [0.5, 0.6) is 0 Å². The Labute approximate surface area is 122 Å². The molecule has 0 aliphatic carbocycles. The van der Waals surface area contributed by atoms with Gasteiger partial charge in [-0.25, -0.2) is 12.7 Å². The van der Waals surface area contributed by atoms with Crippen LogP contribution in [-0.4, -0.2) is 50.3 Å². The van der Waals surface area contributed by atoms with Crippen LogP contribution in [-0.2, 0) is 14.8 Å². The van der Waals surface area contributed by atoms with Gasteiger partial charge in [0.2, 0.25) is 5.09 Å². The first-order valence-electron chi connectivity index (χ1n) is 6.01. The summed E-state index contributed by atoms with van der Waals surface area (Å²) in [6.45, 7) is 2.84. The van der Waals surface area contributed by atoms with Crippen LogP contribution in [0.1, 0.15) is 24.2 Å². The van der Waals surface area contributed by atoms with Crippen molar-refractivity contribution in [2.75, 3.05) is 20.6 Å². The molecule has 1 aromatic heterocycles. The smallest absolute Gasteiger partial charge is 0.310 e. The Morgan fingerprint density at radius 1 is 1.38 bits per heavy atom. The molecule has 8 nitrogen and oxygen atoms in total. The van der Waals surface area contributed by atoms with E-state index in [9.17, 15) is 18.0 Å². The second-order valence-corrected chi connectivity index (χ2v) is 7.40. The predicted octanol–water partition coefficient (Wildman–Crippen LogP) is 0.371. The standard InChI is InChI=1S/C12H18N2O6S/c1-12(2,11(16)17)7-13-10(15)8-5-9(20-6-8)21(18,19)14(3)4/h5-6H,7H2,1-4H3,(H,13,15)(H,16,17). The first-order valence-corrected chi connectivity index (χ1v) is 7.45. The Balaban J connectivity index is 2.83. The fraction of sp³-hybridized carbons (Fsp3) is 0.500. The van der Waals surface area contributed by atoms with Gasteiger partial charge in [-0.1, -0.05) is 0 Å². The van der Waals surface area contributed by atoms with E-state index in [2.05, 4.69) is 5.32 Å². The molecule has 1 heterocycles. The van der Waals surface area contributed by atoms with Crippen LogP contribution >= 0.6 is 0 Å². The maximum atomic E-state index is 11.9. The second kappa shape index (κ2) is 5.86. The summed E-state index contributed by atoms with van der Waals surface area (Å²) < 4.78 is 29.4. The highest BCUT2D eigenvalue weighted by Crippen LogP contribution is 2.18. The molecule has 118 valence electrons. The van der Waals surface area contributed by atoms with E-state index in [1.165, 1.54) is 27.9 Å². The lowest BCUT2D eigenvalue weighted by Gasteiger charge is -2.19. The fourth-order valence-electron chi connectivity index (χ4n) is 1.23. The zero-order valence-electron chi connectivity index (χ0n) is 12.2. The highest BCUT2D eigenvalue weighted by Gasteiger charge is 2.28. The lowest BCUT2D eigenvalue weighted by atomic mass is 9.94. The quantitative estimate of drug-likeness (QED) is 0.782. The number of hydrogen-bond acceptors (Lipinski definition) is 5. The third kappa shape index (κ3) is 3.82. The fourth-order valence-corrected chi connectivity index (χ4v) is 2.04. The number of nitrogens with one attached hydrogen (secondary N) is 1. The first-order chi connectivity index (χ1) is 9.48. The number of carbonyl (C=O) groups excluding carboxylic acids is 1. The molecule has 1 rings (SSSR count). The molecule has 0 aliphatic rings. The minimum Gasteiger partial charge on any atom is -0.481 e. The molecule has 0 saturated heterocycles. The molecule has 9 heteroatoms. The van der Waals surface area contributed by atoms with Crippen molar-refractivity contribution in [3.05, 3.63) is 17.9 Å². The van der Waals surface area contributed by atoms with Crippen molar-refractivity contribution in [3.63, 3.8) is 0 Å². The highest BCUT2D eigenvalue weighted by molar-refractivity contribution is 7.88. The molecule has 1 amide bonds. The lowest BCUT2D eigenvalue weighted by Crippen LogP contribution is -2.38. The molecule has 0 unspecified atom stereocenters. The number of rotatable bonds is 6. The van der Waals surface area contributed by atoms with Crippen molar-refractivity contribution < 1.29 is 27.5 Å². The summed E-state index contributed by atoms with van der Waals surface area (Å²) in [7, 11) is -1.07. The minimum atomic E-state index is -3.75. The number of aliphatic carboxylic acids is 1. The summed E-state index contributed by atoms with van der Waals surface area (Å²) in [6, 6.07) is 1.10. The van der Waals surface area contributed by atoms with E-state index in [0.29, 0.717) is 0 Å². The second-order valence-electron chi connectivity index (χ2n) is 5.31. The Kier molecular flexibility index (Phi) is 4.79. The molecular formula is C12H18N2O6S. The van der Waals surface area contributed by atoms with Gasteiger partial charge < -0.3 is 14.8 Å². The van der Waals surface area contributed by atoms with Gasteiger partial charge in [-0.05, 0) is 13.8 Å². The Hall–Kier alpha value is -1.87. The lowest BCUT2D eigenvalue weighted by molar-refractivity contribution is -0.146. The minimum absolute atomic E-state index is 0.0108. The number of amides is 1. The number of sulfonamides is 1. The number of carboxylic acid groups (broad SMARTS) is 1. The van der Waals surface area contributed by atoms with Gasteiger partial charge in [0.1, 0.15) is 6.26 Å². The molecule has 0 saturated carbocycles. The maximum absolute atomic E-state index is 11.9. The predicted molar refractivity (Wildman–Crippen MR) is 73.3 cm³/mol. The average molecular weight is 318 g/mol. The molecular weight excluding hydrogens is 300 g/mol. The van der Waals surface area contributed by atoms with Crippen LogP contribution in [0.25, 0.3) is 0 Å². The van der Waals surface area contributed by atoms with Crippen LogP contribution in [0, 0.1) is 5.41 Å². The monoisotopic (exact) mass is 318 g/mol. The van der Waals surface area contributed by atoms with Crippen molar-refractivity contribution in [1.82, 2.24) is 9.62 Å². The normalized spacial score (nSPS) is 12.4. The van der Waals surface area contributed by atoms with Crippen LogP contribution in [0.4, 0.5) is 0 Å². The summed E-state index contributed by atoms with van der Waals surface area (Å²) in [6.07, 6.45) is 1.01. The van der Waals surface area contributed by atoms with E-state index in [4.69, 9.17) is 9.52 Å². The van der Waals surface area contributed by atoms with Gasteiger partial charge in [0, 0.05) is 26.7 Å². The van der Waals surface area contributed by atoms with Gasteiger partial charge in [0.05, 0.1) is 11.0 Å². The number of furan rings is 1. The number of carboxylic acids is 1. The molecule has 21 heavy (non-hydrogen) atoms. The van der Waals surface area contributed by atoms with Gasteiger partial charge in [0.25, 0.3) is 15.9 Å². The molecule has 0 spiro atoms. The summed E-state index contributed by atoms with van der Waals surface area (Å²) in [4.78, 5) is 22.8. The van der Waals surface area contributed by atoms with Crippen LogP contribution in [0.15, 0.2) is 21.8 Å². The molecule has 0 fully saturated rings. The number of hydrogen-bond donors (Lipinski definition) is 2. The Morgan fingerprint density at radius 3 is 2.43 bits per heavy atom. The highest BCUT2D eigenvalue weighted by atomic mass is 32.2. The van der Waals surface area contributed by atoms with E-state index in [-0.39, 0.29) is 17.2 Å². The SMILES string of the molecule is CN(C)S(=O)(=O)c1cc(C(=O)NCC(C)(C)C(=O)O)co1. The van der Waals surface area contributed by atoms with Gasteiger partial charge >= 0.3 is 5.97 Å². The van der Waals surface area contributed by atoms with Crippen molar-refractivity contribution in [2.45, 2.75) is 18.9 Å².